The highest BCUT2D eigenvalue weighted by molar-refractivity contribution is 6.30. The number of amides is 1. The van der Waals surface area contributed by atoms with Crippen LogP contribution in [0.2, 0.25) is 0 Å². The molecule has 1 amide bonds. The van der Waals surface area contributed by atoms with E-state index in [9.17, 15) is 4.79 Å². The Morgan fingerprint density at radius 1 is 1.70 bits per heavy atom. The molecule has 2 nitrogen and oxygen atoms in total. The molecule has 10 heavy (non-hydrogen) atoms. The Balaban J connectivity index is 3.81. The predicted octanol–water partition coefficient (Wildman–Crippen LogP) is 1.39. The van der Waals surface area contributed by atoms with Crippen LogP contribution in [0.4, 0.5) is 0 Å². The molecule has 0 aliphatic heterocycles. The van der Waals surface area contributed by atoms with Gasteiger partial charge in [-0.1, -0.05) is 20.3 Å². The first-order valence-corrected chi connectivity index (χ1v) is 3.92. The molecule has 0 aromatic rings. The summed E-state index contributed by atoms with van der Waals surface area (Å²) in [5, 5.41) is 2.13. The zero-order valence-electron chi connectivity index (χ0n) is 6.65. The molecular weight excluding hydrogens is 150 g/mol. The monoisotopic (exact) mass is 163 g/mol. The Morgan fingerprint density at radius 3 is 2.50 bits per heavy atom. The summed E-state index contributed by atoms with van der Waals surface area (Å²) < 4.78 is 0. The van der Waals surface area contributed by atoms with Crippen molar-refractivity contribution in [2.24, 2.45) is 5.92 Å². The van der Waals surface area contributed by atoms with E-state index < -0.39 is 0 Å². The van der Waals surface area contributed by atoms with E-state index in [2.05, 4.69) is 5.32 Å². The first-order valence-electron chi connectivity index (χ1n) is 3.49. The van der Waals surface area contributed by atoms with E-state index in [4.69, 9.17) is 11.6 Å². The third kappa shape index (κ3) is 2.56. The summed E-state index contributed by atoms with van der Waals surface area (Å²) in [4.78, 5) is 10.9. The molecule has 0 fully saturated rings. The van der Waals surface area contributed by atoms with Crippen LogP contribution in [-0.2, 0) is 4.79 Å². The minimum absolute atomic E-state index is 0.0870. The van der Waals surface area contributed by atoms with E-state index in [0.717, 1.165) is 6.42 Å². The van der Waals surface area contributed by atoms with E-state index >= 15 is 0 Å². The van der Waals surface area contributed by atoms with Crippen molar-refractivity contribution in [3.8, 4) is 0 Å². The van der Waals surface area contributed by atoms with Crippen LogP contribution in [-0.4, -0.2) is 18.3 Å². The molecule has 0 saturated heterocycles. The van der Waals surface area contributed by atoms with Gasteiger partial charge in [0, 0.05) is 7.05 Å². The van der Waals surface area contributed by atoms with Crippen molar-refractivity contribution in [1.82, 2.24) is 5.32 Å². The Kier molecular flexibility index (Phi) is 4.45. The highest BCUT2D eigenvalue weighted by atomic mass is 35.5. The van der Waals surface area contributed by atoms with Gasteiger partial charge in [0.25, 0.3) is 0 Å². The molecule has 0 aliphatic carbocycles. The molecule has 0 heterocycles. The lowest BCUT2D eigenvalue weighted by Gasteiger charge is -2.13. The van der Waals surface area contributed by atoms with Crippen molar-refractivity contribution in [1.29, 1.82) is 0 Å². The summed E-state index contributed by atoms with van der Waals surface area (Å²) in [5.41, 5.74) is 0. The zero-order chi connectivity index (χ0) is 8.15. The molecule has 0 aromatic heterocycles. The summed E-state index contributed by atoms with van der Waals surface area (Å²) in [7, 11) is 1.60. The lowest BCUT2D eigenvalue weighted by Crippen LogP contribution is -2.32. The van der Waals surface area contributed by atoms with Crippen molar-refractivity contribution in [3.63, 3.8) is 0 Å². The fourth-order valence-corrected chi connectivity index (χ4v) is 0.891. The summed E-state index contributed by atoms with van der Waals surface area (Å²) in [6.45, 7) is 3.98. The molecule has 1 N–H and O–H groups in total. The number of carbonyl (C=O) groups excluding carboxylic acids is 1. The molecule has 0 aliphatic rings. The Labute approximate surface area is 66.9 Å². The van der Waals surface area contributed by atoms with Crippen molar-refractivity contribution in [3.05, 3.63) is 0 Å². The highest BCUT2D eigenvalue weighted by Gasteiger charge is 2.19. The molecule has 2 unspecified atom stereocenters. The van der Waals surface area contributed by atoms with Gasteiger partial charge in [-0.05, 0) is 5.92 Å². The predicted molar refractivity (Wildman–Crippen MR) is 43.2 cm³/mol. The van der Waals surface area contributed by atoms with Gasteiger partial charge in [0.05, 0.1) is 0 Å². The van der Waals surface area contributed by atoms with Crippen LogP contribution < -0.4 is 5.32 Å². The second-order valence-electron chi connectivity index (χ2n) is 2.40. The van der Waals surface area contributed by atoms with Crippen molar-refractivity contribution in [2.45, 2.75) is 25.6 Å². The second-order valence-corrected chi connectivity index (χ2v) is 2.87. The molecule has 3 heteroatoms. The normalized spacial score (nSPS) is 16.0. The standard InChI is InChI=1S/C7H14ClNO/c1-4-5(2)6(8)7(10)9-3/h5-6H,4H2,1-3H3,(H,9,10). The smallest absolute Gasteiger partial charge is 0.238 e. The van der Waals surface area contributed by atoms with Crippen LogP contribution in [0.15, 0.2) is 0 Å². The topological polar surface area (TPSA) is 29.1 Å². The van der Waals surface area contributed by atoms with E-state index in [1.807, 2.05) is 13.8 Å². The zero-order valence-corrected chi connectivity index (χ0v) is 7.40. The molecule has 0 rings (SSSR count). The third-order valence-corrected chi connectivity index (χ3v) is 2.27. The van der Waals surface area contributed by atoms with E-state index in [1.165, 1.54) is 0 Å². The van der Waals surface area contributed by atoms with Crippen LogP contribution >= 0.6 is 11.6 Å². The molecular formula is C7H14ClNO. The molecule has 0 spiro atoms. The average molecular weight is 164 g/mol. The van der Waals surface area contributed by atoms with Gasteiger partial charge in [-0.25, -0.2) is 0 Å². The number of hydrogen-bond donors (Lipinski definition) is 1. The molecule has 0 aromatic carbocycles. The minimum atomic E-state index is -0.380. The van der Waals surface area contributed by atoms with Gasteiger partial charge < -0.3 is 5.32 Å². The van der Waals surface area contributed by atoms with E-state index in [0.29, 0.717) is 0 Å². The maximum atomic E-state index is 10.9. The maximum Gasteiger partial charge on any atom is 0.238 e. The van der Waals surface area contributed by atoms with Gasteiger partial charge >= 0.3 is 0 Å². The van der Waals surface area contributed by atoms with Gasteiger partial charge in [0.2, 0.25) is 5.91 Å². The molecule has 0 saturated carbocycles. The Bertz CT molecular complexity index is 116. The summed E-state index contributed by atoms with van der Waals surface area (Å²) in [6.07, 6.45) is 0.932. The van der Waals surface area contributed by atoms with Crippen LogP contribution in [0.25, 0.3) is 0 Å². The van der Waals surface area contributed by atoms with Crippen molar-refractivity contribution in [2.75, 3.05) is 7.05 Å². The van der Waals surface area contributed by atoms with E-state index in [1.54, 1.807) is 7.05 Å². The van der Waals surface area contributed by atoms with Gasteiger partial charge in [0.1, 0.15) is 5.38 Å². The quantitative estimate of drug-likeness (QED) is 0.626. The maximum absolute atomic E-state index is 10.9. The number of nitrogens with one attached hydrogen (secondary N) is 1. The van der Waals surface area contributed by atoms with Crippen LogP contribution in [0.3, 0.4) is 0 Å². The molecule has 2 atom stereocenters. The van der Waals surface area contributed by atoms with Gasteiger partial charge in [-0.3, -0.25) is 4.79 Å². The summed E-state index contributed by atoms with van der Waals surface area (Å²) in [6, 6.07) is 0. The first kappa shape index (κ1) is 9.76. The third-order valence-electron chi connectivity index (χ3n) is 1.64. The van der Waals surface area contributed by atoms with Gasteiger partial charge in [-0.2, -0.15) is 0 Å². The molecule has 0 bridgehead atoms. The van der Waals surface area contributed by atoms with Gasteiger partial charge in [-0.15, -0.1) is 11.6 Å². The Hall–Kier alpha value is -0.240. The second kappa shape index (κ2) is 4.56. The van der Waals surface area contributed by atoms with Crippen LogP contribution in [0, 0.1) is 5.92 Å². The molecule has 0 radical (unpaired) electrons. The largest absolute Gasteiger partial charge is 0.358 e. The highest BCUT2D eigenvalue weighted by Crippen LogP contribution is 2.13. The first-order chi connectivity index (χ1) is 4.63. The van der Waals surface area contributed by atoms with Crippen molar-refractivity contribution < 1.29 is 4.79 Å². The van der Waals surface area contributed by atoms with Gasteiger partial charge in [0.15, 0.2) is 0 Å². The lowest BCUT2D eigenvalue weighted by molar-refractivity contribution is -0.121. The van der Waals surface area contributed by atoms with Crippen LogP contribution in [0.5, 0.6) is 0 Å². The fourth-order valence-electron chi connectivity index (χ4n) is 0.603. The fraction of sp³-hybridized carbons (Fsp3) is 0.857. The molecule has 60 valence electrons. The number of halogens is 1. The van der Waals surface area contributed by atoms with E-state index in [-0.39, 0.29) is 17.2 Å². The summed E-state index contributed by atoms with van der Waals surface area (Å²) in [5.74, 6) is 0.164. The minimum Gasteiger partial charge on any atom is -0.358 e. The number of hydrogen-bond acceptors (Lipinski definition) is 1. The number of alkyl halides is 1. The average Bonchev–Trinajstić information content (AvgIpc) is 2.00. The number of carbonyl (C=O) groups is 1. The van der Waals surface area contributed by atoms with Crippen LogP contribution in [0.1, 0.15) is 20.3 Å². The SMILES string of the molecule is CCC(C)C(Cl)C(=O)NC. The lowest BCUT2D eigenvalue weighted by atomic mass is 10.0. The van der Waals surface area contributed by atoms with Crippen molar-refractivity contribution >= 4 is 17.5 Å². The Morgan fingerprint density at radius 2 is 2.20 bits per heavy atom. The number of rotatable bonds is 3. The summed E-state index contributed by atoms with van der Waals surface area (Å²) >= 11 is 5.77.